The Balaban J connectivity index is 0.000000290. The van der Waals surface area contributed by atoms with E-state index >= 15 is 0 Å². The minimum absolute atomic E-state index is 0. The van der Waals surface area contributed by atoms with Crippen LogP contribution >= 0.6 is 15.9 Å². The fourth-order valence-corrected chi connectivity index (χ4v) is 17.8. The zero-order chi connectivity index (χ0) is 83.7. The van der Waals surface area contributed by atoms with Crippen LogP contribution in [-0.2, 0) is 71.2 Å². The Kier molecular flexibility index (Phi) is 37.1. The van der Waals surface area contributed by atoms with Crippen LogP contribution in [-0.4, -0.2) is 247 Å². The minimum Gasteiger partial charge on any atom is -0.494 e. The first kappa shape index (κ1) is 95.9. The van der Waals surface area contributed by atoms with Crippen LogP contribution in [0.1, 0.15) is 119 Å². The molecule has 4 aliphatic rings. The maximum absolute atomic E-state index is 13.7. The van der Waals surface area contributed by atoms with Gasteiger partial charge in [0.25, 0.3) is 0 Å². The van der Waals surface area contributed by atoms with Crippen molar-refractivity contribution in [3.05, 3.63) is 113 Å². The minimum atomic E-state index is -1.37. The van der Waals surface area contributed by atoms with Gasteiger partial charge in [-0.05, 0) is 111 Å². The van der Waals surface area contributed by atoms with Gasteiger partial charge in [0, 0.05) is 159 Å². The number of aliphatic imine (C=N–C) groups is 2. The lowest BCUT2D eigenvalue weighted by Gasteiger charge is -2.38. The Morgan fingerprint density at radius 1 is 0.496 bits per heavy atom. The number of allylic oxidation sites excluding steroid dienone is 2. The number of esters is 2. The number of halogens is 1. The predicted octanol–water partition coefficient (Wildman–Crippen LogP) is 16.8. The van der Waals surface area contributed by atoms with E-state index in [1.54, 1.807) is 28.4 Å². The maximum Gasteiger partial charge on any atom is 0.338 e. The summed E-state index contributed by atoms with van der Waals surface area (Å²) in [5, 5.41) is 9.96. The summed E-state index contributed by atoms with van der Waals surface area (Å²) < 4.78 is 81.4. The standard InChI is InChI=1S/C44H68N6O8Si2.C40H61BrN6O7Si2.CH4/c1-11-56-33(2)39-40(34-16-18-44(19-17-34,58-24-22-53-4)43(51)57-23-21-52-3)48-41-36(35-14-15-38(46-29-35)37-13-12-20-45-37)30-47-50(41)42(39)49(31-54-25-27-59(5,6)7)32-55-26-28-60(8,9)10;1-49-18-20-53-39(48)40(54-21-19-50-2)15-13-30(14-16-40)36-35(41)38(46(28-51-22-24-55(3,4)5)29-52-23-25-56(6,7)8)47-37(45-36)32(27-44-47)31-11-12-34(43-26-31)33-10-9-17-42-33;/h12,14-15,20,29-30,34H,2,11,13,16-19,21-28,31-32H2,1,3-10H3;9,11-12,17,26-27,30H,10,13-16,18-25,28-29H2,1-8H3;1H4. The number of carbonyl (C=O) groups excluding carboxylic acids is 2. The number of methoxy groups -OCH3 is 4. The second-order valence-corrected chi connectivity index (χ2v) is 58.2. The molecule has 0 N–H and O–H groups in total. The highest BCUT2D eigenvalue weighted by atomic mass is 79.9. The van der Waals surface area contributed by atoms with Gasteiger partial charge in [0.05, 0.1) is 103 Å². The van der Waals surface area contributed by atoms with Crippen molar-refractivity contribution in [1.82, 2.24) is 39.2 Å². The summed E-state index contributed by atoms with van der Waals surface area (Å²) in [6.07, 6.45) is 20.9. The van der Waals surface area contributed by atoms with Gasteiger partial charge in [0.1, 0.15) is 51.7 Å². The summed E-state index contributed by atoms with van der Waals surface area (Å²) in [5.74, 6) is 1.18. The third-order valence-corrected chi connectivity index (χ3v) is 28.5. The monoisotopic (exact) mass is 1750 g/mol. The van der Waals surface area contributed by atoms with E-state index in [1.807, 2.05) is 83.5 Å². The molecule has 0 amide bonds. The SMILES string of the molecule is C.C=C(OCC)c1c(C2CCC(OCCOC)(C(=O)OCCOC)CC2)nc2c(-c3ccc(C4=NC=CC4)nc3)cnn2c1N(COCC[Si](C)(C)C)COCC[Si](C)(C)C.COCCOC(=O)C1(OCCOC)CCC(c2nc3c(-c4ccc(C5=NC=CC5)nc4)cnn3c(N(COCC[Si](C)(C)C)COCC[Si](C)(C)C)c2Br)CC1. The molecule has 0 radical (unpaired) electrons. The molecule has 32 heteroatoms. The first-order valence-electron chi connectivity index (χ1n) is 41.0. The fraction of sp³-hybridized carbons (Fsp3) is 0.624. The molecule has 2 aliphatic heterocycles. The zero-order valence-electron chi connectivity index (χ0n) is 72.1. The first-order chi connectivity index (χ1) is 55.4. The molecule has 6 aromatic heterocycles. The van der Waals surface area contributed by atoms with Crippen LogP contribution in [0.3, 0.4) is 0 Å². The quantitative estimate of drug-likeness (QED) is 0.0113. The maximum atomic E-state index is 13.7. The van der Waals surface area contributed by atoms with Gasteiger partial charge >= 0.3 is 11.9 Å². The smallest absolute Gasteiger partial charge is 0.338 e. The van der Waals surface area contributed by atoms with Crippen molar-refractivity contribution >= 4 is 100 Å². The summed E-state index contributed by atoms with van der Waals surface area (Å²) >= 11 is 4.04. The molecule has 646 valence electrons. The van der Waals surface area contributed by atoms with Crippen LogP contribution in [0.4, 0.5) is 11.6 Å². The third kappa shape index (κ3) is 27.4. The lowest BCUT2D eigenvalue weighted by Crippen LogP contribution is -2.47. The number of aromatic nitrogens is 8. The highest BCUT2D eigenvalue weighted by molar-refractivity contribution is 9.10. The Hall–Kier alpha value is -6.61. The highest BCUT2D eigenvalue weighted by Crippen LogP contribution is 2.48. The van der Waals surface area contributed by atoms with E-state index in [0.717, 1.165) is 115 Å². The lowest BCUT2D eigenvalue weighted by atomic mass is 9.76. The molecule has 6 aromatic rings. The van der Waals surface area contributed by atoms with Crippen LogP contribution in [0.15, 0.2) is 94.6 Å². The van der Waals surface area contributed by atoms with Crippen LogP contribution in [0.25, 0.3) is 39.3 Å². The normalized spacial score (nSPS) is 18.3. The predicted molar refractivity (Wildman–Crippen MR) is 478 cm³/mol. The van der Waals surface area contributed by atoms with Crippen molar-refractivity contribution in [3.63, 3.8) is 0 Å². The van der Waals surface area contributed by atoms with E-state index in [9.17, 15) is 9.59 Å². The molecular formula is C85H133BrN12O15Si4. The van der Waals surface area contributed by atoms with E-state index in [1.165, 1.54) is 0 Å². The van der Waals surface area contributed by atoms with Crippen molar-refractivity contribution in [2.45, 2.75) is 204 Å². The molecule has 2 saturated carbocycles. The summed E-state index contributed by atoms with van der Waals surface area (Å²) in [4.78, 5) is 60.8. The first-order valence-corrected chi connectivity index (χ1v) is 56.6. The van der Waals surface area contributed by atoms with Crippen molar-refractivity contribution < 1.29 is 71.2 Å². The number of nitrogens with zero attached hydrogens (tertiary/aromatic N) is 12. The van der Waals surface area contributed by atoms with Gasteiger partial charge in [-0.2, -0.15) is 19.2 Å². The Labute approximate surface area is 707 Å². The summed E-state index contributed by atoms with van der Waals surface area (Å²) in [5.41, 5.74) is 8.62. The van der Waals surface area contributed by atoms with Crippen LogP contribution < -0.4 is 9.80 Å². The van der Waals surface area contributed by atoms with Gasteiger partial charge in [-0.15, -0.1) is 0 Å². The molecule has 0 saturated heterocycles. The Morgan fingerprint density at radius 2 is 0.863 bits per heavy atom. The van der Waals surface area contributed by atoms with Gasteiger partial charge in [-0.25, -0.2) is 19.6 Å². The van der Waals surface area contributed by atoms with Crippen LogP contribution in [0, 0.1) is 0 Å². The lowest BCUT2D eigenvalue weighted by molar-refractivity contribution is -0.181. The van der Waals surface area contributed by atoms with Crippen molar-refractivity contribution in [2.24, 2.45) is 9.98 Å². The number of carbonyl (C=O) groups is 2. The number of pyridine rings is 2. The van der Waals surface area contributed by atoms with Crippen molar-refractivity contribution in [2.75, 3.05) is 151 Å². The van der Waals surface area contributed by atoms with E-state index in [0.29, 0.717) is 148 Å². The molecule has 0 spiro atoms. The van der Waals surface area contributed by atoms with E-state index in [2.05, 4.69) is 127 Å². The van der Waals surface area contributed by atoms with Crippen LogP contribution in [0.2, 0.25) is 103 Å². The molecule has 0 atom stereocenters. The molecule has 0 unspecified atom stereocenters. The molecule has 2 fully saturated rings. The molecular weight excluding hydrogens is 1620 g/mol. The number of anilines is 2. The van der Waals surface area contributed by atoms with E-state index in [4.69, 9.17) is 91.7 Å². The highest BCUT2D eigenvalue weighted by Gasteiger charge is 2.48. The number of ether oxygens (including phenoxy) is 13. The number of hydrogen-bond donors (Lipinski definition) is 0. The second-order valence-electron chi connectivity index (χ2n) is 34.9. The van der Waals surface area contributed by atoms with E-state index in [-0.39, 0.29) is 64.5 Å². The molecule has 117 heavy (non-hydrogen) atoms. The topological polar surface area (TPSA) is 271 Å². The number of rotatable bonds is 47. The molecule has 8 heterocycles. The van der Waals surface area contributed by atoms with Gasteiger partial charge < -0.3 is 71.4 Å². The number of fused-ring (bicyclic) bond motifs is 2. The third-order valence-electron chi connectivity index (χ3n) is 20.9. The fourth-order valence-electron chi connectivity index (χ4n) is 13.9. The molecule has 10 rings (SSSR count). The number of hydrogen-bond acceptors (Lipinski definition) is 25. The van der Waals surface area contributed by atoms with Gasteiger partial charge in [-0.3, -0.25) is 20.0 Å². The van der Waals surface area contributed by atoms with Crippen molar-refractivity contribution in [1.29, 1.82) is 0 Å². The molecule has 0 aromatic carbocycles. The van der Waals surface area contributed by atoms with Gasteiger partial charge in [-0.1, -0.05) is 117 Å². The van der Waals surface area contributed by atoms with Gasteiger partial charge in [0.2, 0.25) is 0 Å². The van der Waals surface area contributed by atoms with E-state index < -0.39 is 43.5 Å². The second kappa shape index (κ2) is 45.3. The molecule has 0 bridgehead atoms. The average Bonchev–Trinajstić information content (AvgIpc) is 1.68. The summed E-state index contributed by atoms with van der Waals surface area (Å²) in [7, 11) is 1.04. The largest absolute Gasteiger partial charge is 0.494 e. The van der Waals surface area contributed by atoms with Gasteiger partial charge in [0.15, 0.2) is 28.3 Å². The Bertz CT molecular complexity index is 4230. The average molecular weight is 1760 g/mol. The Morgan fingerprint density at radius 3 is 1.21 bits per heavy atom. The molecule has 2 aliphatic carbocycles. The zero-order valence-corrected chi connectivity index (χ0v) is 77.7. The molecule has 27 nitrogen and oxygen atoms in total. The van der Waals surface area contributed by atoms with Crippen molar-refractivity contribution in [3.8, 4) is 22.3 Å². The summed E-state index contributed by atoms with van der Waals surface area (Å²) in [6.45, 7) is 41.1. The summed E-state index contributed by atoms with van der Waals surface area (Å²) in [6, 6.07) is 12.3. The van der Waals surface area contributed by atoms with Crippen LogP contribution in [0.5, 0.6) is 0 Å².